The average molecular weight is 395 g/mol. The standard InChI is InChI=1S/C20H30N2O4S/c1-15(14-26-2)21-27(24,25)19-9-7-17(8-10-19)20(23)22-12-11-16-5-3-4-6-18(16)13-22/h7-10,15-16,18,21H,3-6,11-14H2,1-2H3/t15-,16-,18+/m0/s1. The molecule has 27 heavy (non-hydrogen) atoms. The predicted octanol–water partition coefficient (Wildman–Crippen LogP) is 2.65. The maximum atomic E-state index is 12.8. The third-order valence-corrected chi connectivity index (χ3v) is 7.37. The zero-order valence-corrected chi connectivity index (χ0v) is 17.0. The molecule has 0 aromatic heterocycles. The van der Waals surface area contributed by atoms with Crippen molar-refractivity contribution >= 4 is 15.9 Å². The summed E-state index contributed by atoms with van der Waals surface area (Å²) in [6.07, 6.45) is 6.20. The van der Waals surface area contributed by atoms with Gasteiger partial charge >= 0.3 is 0 Å². The number of fused-ring (bicyclic) bond motifs is 1. The van der Waals surface area contributed by atoms with Gasteiger partial charge in [-0.05, 0) is 55.9 Å². The highest BCUT2D eigenvalue weighted by molar-refractivity contribution is 7.89. The molecule has 2 fully saturated rings. The number of benzene rings is 1. The summed E-state index contributed by atoms with van der Waals surface area (Å²) < 4.78 is 32.3. The molecule has 1 saturated carbocycles. The molecule has 0 radical (unpaired) electrons. The Morgan fingerprint density at radius 1 is 1.19 bits per heavy atom. The van der Waals surface area contributed by atoms with Crippen molar-refractivity contribution in [3.63, 3.8) is 0 Å². The minimum atomic E-state index is -3.62. The number of sulfonamides is 1. The number of piperidine rings is 1. The molecule has 1 aromatic rings. The smallest absolute Gasteiger partial charge is 0.253 e. The highest BCUT2D eigenvalue weighted by Crippen LogP contribution is 2.36. The minimum absolute atomic E-state index is 0.00341. The number of nitrogens with one attached hydrogen (secondary N) is 1. The predicted molar refractivity (Wildman–Crippen MR) is 104 cm³/mol. The van der Waals surface area contributed by atoms with E-state index >= 15 is 0 Å². The molecule has 1 saturated heterocycles. The Kier molecular flexibility index (Phi) is 6.55. The van der Waals surface area contributed by atoms with Crippen LogP contribution in [0.4, 0.5) is 0 Å². The number of methoxy groups -OCH3 is 1. The van der Waals surface area contributed by atoms with Crippen LogP contribution in [0.5, 0.6) is 0 Å². The highest BCUT2D eigenvalue weighted by atomic mass is 32.2. The van der Waals surface area contributed by atoms with E-state index in [0.29, 0.717) is 18.1 Å². The Morgan fingerprint density at radius 2 is 1.85 bits per heavy atom. The van der Waals surface area contributed by atoms with Crippen LogP contribution in [0.2, 0.25) is 0 Å². The van der Waals surface area contributed by atoms with Crippen molar-refractivity contribution in [1.82, 2.24) is 9.62 Å². The molecule has 0 bridgehead atoms. The van der Waals surface area contributed by atoms with E-state index in [0.717, 1.165) is 25.4 Å². The van der Waals surface area contributed by atoms with Gasteiger partial charge in [0.05, 0.1) is 11.5 Å². The number of carbonyl (C=O) groups excluding carboxylic acids is 1. The van der Waals surface area contributed by atoms with Gasteiger partial charge in [0.15, 0.2) is 0 Å². The van der Waals surface area contributed by atoms with Gasteiger partial charge in [-0.15, -0.1) is 0 Å². The van der Waals surface area contributed by atoms with Crippen LogP contribution in [0.25, 0.3) is 0 Å². The van der Waals surface area contributed by atoms with Gasteiger partial charge in [0.1, 0.15) is 0 Å². The molecular weight excluding hydrogens is 364 g/mol. The van der Waals surface area contributed by atoms with E-state index in [2.05, 4.69) is 4.72 Å². The van der Waals surface area contributed by atoms with Gasteiger partial charge in [0, 0.05) is 31.8 Å². The Hall–Kier alpha value is -1.44. The van der Waals surface area contributed by atoms with Crippen molar-refractivity contribution in [1.29, 1.82) is 0 Å². The lowest BCUT2D eigenvalue weighted by molar-refractivity contribution is 0.0521. The van der Waals surface area contributed by atoms with Gasteiger partial charge in [0.25, 0.3) is 5.91 Å². The second-order valence-electron chi connectivity index (χ2n) is 7.85. The van der Waals surface area contributed by atoms with Crippen LogP contribution >= 0.6 is 0 Å². The van der Waals surface area contributed by atoms with Crippen molar-refractivity contribution in [3.05, 3.63) is 29.8 Å². The number of hydrogen-bond acceptors (Lipinski definition) is 4. The van der Waals surface area contributed by atoms with Crippen molar-refractivity contribution in [3.8, 4) is 0 Å². The Bertz CT molecular complexity index is 748. The van der Waals surface area contributed by atoms with Crippen LogP contribution in [-0.2, 0) is 14.8 Å². The van der Waals surface area contributed by atoms with Crippen molar-refractivity contribution in [2.45, 2.75) is 50.0 Å². The van der Waals surface area contributed by atoms with Gasteiger partial charge in [-0.25, -0.2) is 13.1 Å². The molecule has 1 aromatic carbocycles. The van der Waals surface area contributed by atoms with Crippen molar-refractivity contribution < 1.29 is 17.9 Å². The van der Waals surface area contributed by atoms with E-state index in [9.17, 15) is 13.2 Å². The fraction of sp³-hybridized carbons (Fsp3) is 0.650. The zero-order chi connectivity index (χ0) is 19.4. The van der Waals surface area contributed by atoms with E-state index in [-0.39, 0.29) is 16.8 Å². The van der Waals surface area contributed by atoms with E-state index in [1.807, 2.05) is 4.90 Å². The molecule has 0 unspecified atom stereocenters. The second kappa shape index (κ2) is 8.71. The molecule has 0 spiro atoms. The van der Waals surface area contributed by atoms with Crippen molar-refractivity contribution in [2.75, 3.05) is 26.8 Å². The minimum Gasteiger partial charge on any atom is -0.383 e. The first-order valence-corrected chi connectivity index (χ1v) is 11.3. The Labute approximate surface area is 162 Å². The summed E-state index contributed by atoms with van der Waals surface area (Å²) in [5, 5.41) is 0. The molecular formula is C20H30N2O4S. The molecule has 6 nitrogen and oxygen atoms in total. The van der Waals surface area contributed by atoms with Gasteiger partial charge < -0.3 is 9.64 Å². The maximum absolute atomic E-state index is 12.8. The van der Waals surface area contributed by atoms with Gasteiger partial charge in [-0.2, -0.15) is 0 Å². The topological polar surface area (TPSA) is 75.7 Å². The lowest BCUT2D eigenvalue weighted by Crippen LogP contribution is -2.44. The lowest BCUT2D eigenvalue weighted by Gasteiger charge is -2.41. The Balaban J connectivity index is 1.65. The fourth-order valence-electron chi connectivity index (χ4n) is 4.36. The molecule has 2 aliphatic rings. The zero-order valence-electron chi connectivity index (χ0n) is 16.2. The van der Waals surface area contributed by atoms with E-state index < -0.39 is 10.0 Å². The molecule has 1 amide bonds. The summed E-state index contributed by atoms with van der Waals surface area (Å²) in [7, 11) is -2.09. The highest BCUT2D eigenvalue weighted by Gasteiger charge is 2.33. The molecule has 1 aliphatic heterocycles. The normalized spacial score (nSPS) is 24.3. The summed E-state index contributed by atoms with van der Waals surface area (Å²) in [5.74, 6) is 1.40. The van der Waals surface area contributed by atoms with Crippen LogP contribution in [0.3, 0.4) is 0 Å². The summed E-state index contributed by atoms with van der Waals surface area (Å²) in [4.78, 5) is 14.9. The maximum Gasteiger partial charge on any atom is 0.253 e. The van der Waals surface area contributed by atoms with E-state index in [1.165, 1.54) is 44.9 Å². The largest absolute Gasteiger partial charge is 0.383 e. The number of nitrogens with zero attached hydrogens (tertiary/aromatic N) is 1. The molecule has 7 heteroatoms. The number of rotatable bonds is 6. The molecule has 1 aliphatic carbocycles. The second-order valence-corrected chi connectivity index (χ2v) is 9.56. The van der Waals surface area contributed by atoms with Crippen LogP contribution in [0.15, 0.2) is 29.2 Å². The number of hydrogen-bond donors (Lipinski definition) is 1. The molecule has 150 valence electrons. The summed E-state index contributed by atoms with van der Waals surface area (Å²) in [6.45, 7) is 3.68. The number of carbonyl (C=O) groups is 1. The third-order valence-electron chi connectivity index (χ3n) is 5.76. The first-order chi connectivity index (χ1) is 12.9. The van der Waals surface area contributed by atoms with E-state index in [1.54, 1.807) is 19.1 Å². The van der Waals surface area contributed by atoms with Gasteiger partial charge in [0.2, 0.25) is 10.0 Å². The van der Waals surface area contributed by atoms with Crippen LogP contribution in [0, 0.1) is 11.8 Å². The summed E-state index contributed by atoms with van der Waals surface area (Å²) in [6, 6.07) is 5.92. The van der Waals surface area contributed by atoms with Gasteiger partial charge in [-0.3, -0.25) is 4.79 Å². The molecule has 1 heterocycles. The SMILES string of the molecule is COC[C@H](C)NS(=O)(=O)c1ccc(C(=O)N2CC[C@@H]3CCCC[C@@H]3C2)cc1. The number of amides is 1. The first-order valence-electron chi connectivity index (χ1n) is 9.81. The quantitative estimate of drug-likeness (QED) is 0.805. The van der Waals surface area contributed by atoms with Gasteiger partial charge in [-0.1, -0.05) is 19.3 Å². The molecule has 3 atom stereocenters. The first kappa shape index (κ1) is 20.3. The number of ether oxygens (including phenoxy) is 1. The number of likely N-dealkylation sites (tertiary alicyclic amines) is 1. The van der Waals surface area contributed by atoms with E-state index in [4.69, 9.17) is 4.74 Å². The summed E-state index contributed by atoms with van der Waals surface area (Å²) in [5.41, 5.74) is 0.549. The van der Waals surface area contributed by atoms with Crippen LogP contribution in [-0.4, -0.2) is 52.1 Å². The Morgan fingerprint density at radius 3 is 2.52 bits per heavy atom. The lowest BCUT2D eigenvalue weighted by atomic mass is 9.75. The van der Waals surface area contributed by atoms with Crippen molar-refractivity contribution in [2.24, 2.45) is 11.8 Å². The summed E-state index contributed by atoms with van der Waals surface area (Å²) >= 11 is 0. The molecule has 3 rings (SSSR count). The van der Waals surface area contributed by atoms with Crippen LogP contribution in [0.1, 0.15) is 49.4 Å². The molecule has 1 N–H and O–H groups in total. The third kappa shape index (κ3) is 4.89. The monoisotopic (exact) mass is 394 g/mol. The average Bonchev–Trinajstić information content (AvgIpc) is 2.67. The fourth-order valence-corrected chi connectivity index (χ4v) is 5.59. The van der Waals surface area contributed by atoms with Crippen LogP contribution < -0.4 is 4.72 Å².